The second kappa shape index (κ2) is 4.14. The maximum absolute atomic E-state index is 11.0. The van der Waals surface area contributed by atoms with Gasteiger partial charge in [0, 0.05) is 0 Å². The Labute approximate surface area is 91.0 Å². The second-order valence-corrected chi connectivity index (χ2v) is 4.33. The molecule has 0 unspecified atom stereocenters. The number of amides is 1. The van der Waals surface area contributed by atoms with Crippen LogP contribution in [0.2, 0.25) is 0 Å². The van der Waals surface area contributed by atoms with Gasteiger partial charge in [0.1, 0.15) is 5.76 Å². The molecule has 1 aromatic heterocycles. The van der Waals surface area contributed by atoms with Crippen LogP contribution in [0.5, 0.6) is 0 Å². The fourth-order valence-electron chi connectivity index (χ4n) is 0.842. The van der Waals surface area contributed by atoms with Gasteiger partial charge < -0.3 is 10.2 Å². The summed E-state index contributed by atoms with van der Waals surface area (Å²) >= 11 is 3.20. The summed E-state index contributed by atoms with van der Waals surface area (Å²) < 4.78 is 5.93. The first-order chi connectivity index (χ1) is 6.42. The summed E-state index contributed by atoms with van der Waals surface area (Å²) in [5.41, 5.74) is 4.48. The third-order valence-electron chi connectivity index (χ3n) is 1.95. The normalized spacial score (nSPS) is 11.6. The molecule has 0 aliphatic heterocycles. The molecule has 0 aliphatic rings. The van der Waals surface area contributed by atoms with E-state index in [-0.39, 0.29) is 5.91 Å². The van der Waals surface area contributed by atoms with Crippen molar-refractivity contribution in [3.63, 3.8) is 0 Å². The van der Waals surface area contributed by atoms with Crippen molar-refractivity contribution in [1.82, 2.24) is 5.32 Å². The van der Waals surface area contributed by atoms with Gasteiger partial charge in [-0.1, -0.05) is 0 Å². The third kappa shape index (κ3) is 2.85. The maximum Gasteiger partial charge on any atom is 0.237 e. The van der Waals surface area contributed by atoms with Crippen LogP contribution in [-0.2, 0) is 11.3 Å². The molecule has 4 nitrogen and oxygen atoms in total. The number of hydrogen-bond donors (Lipinski definition) is 2. The first-order valence-corrected chi connectivity index (χ1v) is 5.00. The number of nitrogens with one attached hydrogen (secondary N) is 1. The highest BCUT2D eigenvalue weighted by Crippen LogP contribution is 2.14. The number of carbonyl (C=O) groups is 1. The van der Waals surface area contributed by atoms with Crippen molar-refractivity contribution in [2.45, 2.75) is 25.9 Å². The van der Waals surface area contributed by atoms with E-state index in [0.717, 1.165) is 5.76 Å². The van der Waals surface area contributed by atoms with Crippen molar-refractivity contribution < 1.29 is 9.21 Å². The largest absolute Gasteiger partial charge is 0.453 e. The van der Waals surface area contributed by atoms with Gasteiger partial charge in [-0.05, 0) is 41.9 Å². The standard InChI is InChI=1S/C9H13BrN2O2/c1-9(2,8(11)13)12-5-6-3-4-7(10)14-6/h3-4,12H,5H2,1-2H3,(H2,11,13). The molecule has 3 N–H and O–H groups in total. The van der Waals surface area contributed by atoms with E-state index in [4.69, 9.17) is 10.2 Å². The number of halogens is 1. The molecule has 0 aromatic carbocycles. The van der Waals surface area contributed by atoms with E-state index >= 15 is 0 Å². The summed E-state index contributed by atoms with van der Waals surface area (Å²) in [6.07, 6.45) is 0. The molecule has 0 spiro atoms. The minimum atomic E-state index is -0.723. The molecule has 0 aliphatic carbocycles. The molecule has 1 aromatic rings. The van der Waals surface area contributed by atoms with Crippen molar-refractivity contribution in [2.75, 3.05) is 0 Å². The van der Waals surface area contributed by atoms with E-state index in [1.54, 1.807) is 19.9 Å². The highest BCUT2D eigenvalue weighted by Gasteiger charge is 2.23. The molecule has 1 amide bonds. The number of primary amides is 1. The Morgan fingerprint density at radius 1 is 1.64 bits per heavy atom. The molecule has 5 heteroatoms. The van der Waals surface area contributed by atoms with Gasteiger partial charge in [-0.2, -0.15) is 0 Å². The summed E-state index contributed by atoms with van der Waals surface area (Å²) in [6, 6.07) is 3.63. The van der Waals surface area contributed by atoms with Crippen molar-refractivity contribution in [3.8, 4) is 0 Å². The van der Waals surface area contributed by atoms with Crippen LogP contribution in [0, 0.1) is 0 Å². The zero-order valence-electron chi connectivity index (χ0n) is 8.13. The Hall–Kier alpha value is -0.810. The van der Waals surface area contributed by atoms with Crippen LogP contribution >= 0.6 is 15.9 Å². The van der Waals surface area contributed by atoms with Crippen molar-refractivity contribution >= 4 is 21.8 Å². The Kier molecular flexibility index (Phi) is 3.34. The number of hydrogen-bond acceptors (Lipinski definition) is 3. The average molecular weight is 261 g/mol. The van der Waals surface area contributed by atoms with E-state index in [9.17, 15) is 4.79 Å². The van der Waals surface area contributed by atoms with Gasteiger partial charge >= 0.3 is 0 Å². The Bertz CT molecular complexity index is 333. The van der Waals surface area contributed by atoms with E-state index < -0.39 is 5.54 Å². The molecule has 1 rings (SSSR count). The molecule has 0 saturated carbocycles. The summed E-state index contributed by atoms with van der Waals surface area (Å²) in [5, 5.41) is 3.00. The monoisotopic (exact) mass is 260 g/mol. The summed E-state index contributed by atoms with van der Waals surface area (Å²) in [5.74, 6) is 0.370. The predicted molar refractivity (Wildman–Crippen MR) is 56.5 cm³/mol. The predicted octanol–water partition coefficient (Wildman–Crippen LogP) is 1.40. The molecular formula is C9H13BrN2O2. The average Bonchev–Trinajstić information content (AvgIpc) is 2.48. The molecular weight excluding hydrogens is 248 g/mol. The topological polar surface area (TPSA) is 68.3 Å². The SMILES string of the molecule is CC(C)(NCc1ccc(Br)o1)C(N)=O. The lowest BCUT2D eigenvalue weighted by Crippen LogP contribution is -2.50. The number of furan rings is 1. The third-order valence-corrected chi connectivity index (χ3v) is 2.38. The zero-order chi connectivity index (χ0) is 10.8. The van der Waals surface area contributed by atoms with Gasteiger partial charge in [-0.25, -0.2) is 0 Å². The molecule has 1 heterocycles. The van der Waals surface area contributed by atoms with Gasteiger partial charge in [0.25, 0.3) is 0 Å². The number of rotatable bonds is 4. The van der Waals surface area contributed by atoms with Crippen LogP contribution in [0.4, 0.5) is 0 Å². The lowest BCUT2D eigenvalue weighted by atomic mass is 10.1. The summed E-state index contributed by atoms with van der Waals surface area (Å²) in [6.45, 7) is 3.93. The van der Waals surface area contributed by atoms with Crippen LogP contribution in [0.15, 0.2) is 21.2 Å². The van der Waals surface area contributed by atoms with E-state index in [1.165, 1.54) is 0 Å². The fraction of sp³-hybridized carbons (Fsp3) is 0.444. The molecule has 14 heavy (non-hydrogen) atoms. The van der Waals surface area contributed by atoms with Crippen molar-refractivity contribution in [2.24, 2.45) is 5.73 Å². The minimum absolute atomic E-state index is 0.386. The summed E-state index contributed by atoms with van der Waals surface area (Å²) in [7, 11) is 0. The molecule has 0 atom stereocenters. The zero-order valence-corrected chi connectivity index (χ0v) is 9.72. The first-order valence-electron chi connectivity index (χ1n) is 4.21. The summed E-state index contributed by atoms with van der Waals surface area (Å²) in [4.78, 5) is 11.0. The van der Waals surface area contributed by atoms with E-state index in [1.807, 2.05) is 6.07 Å². The lowest BCUT2D eigenvalue weighted by Gasteiger charge is -2.21. The van der Waals surface area contributed by atoms with E-state index in [0.29, 0.717) is 11.2 Å². The Balaban J connectivity index is 2.52. The van der Waals surface area contributed by atoms with Gasteiger partial charge in [0.2, 0.25) is 5.91 Å². The van der Waals surface area contributed by atoms with E-state index in [2.05, 4.69) is 21.2 Å². The maximum atomic E-state index is 11.0. The van der Waals surface area contributed by atoms with Crippen molar-refractivity contribution in [3.05, 3.63) is 22.6 Å². The highest BCUT2D eigenvalue weighted by atomic mass is 79.9. The smallest absolute Gasteiger partial charge is 0.237 e. The minimum Gasteiger partial charge on any atom is -0.453 e. The van der Waals surface area contributed by atoms with Crippen molar-refractivity contribution in [1.29, 1.82) is 0 Å². The molecule has 0 saturated heterocycles. The van der Waals surface area contributed by atoms with Crippen LogP contribution in [0.25, 0.3) is 0 Å². The van der Waals surface area contributed by atoms with Crippen LogP contribution in [-0.4, -0.2) is 11.4 Å². The molecule has 0 bridgehead atoms. The van der Waals surface area contributed by atoms with Gasteiger partial charge in [0.05, 0.1) is 12.1 Å². The quantitative estimate of drug-likeness (QED) is 0.860. The number of nitrogens with two attached hydrogens (primary N) is 1. The molecule has 78 valence electrons. The van der Waals surface area contributed by atoms with Gasteiger partial charge in [0.15, 0.2) is 4.67 Å². The van der Waals surface area contributed by atoms with Gasteiger partial charge in [-0.15, -0.1) is 0 Å². The second-order valence-electron chi connectivity index (χ2n) is 3.55. The Morgan fingerprint density at radius 2 is 2.29 bits per heavy atom. The van der Waals surface area contributed by atoms with Crippen LogP contribution in [0.1, 0.15) is 19.6 Å². The molecule has 0 radical (unpaired) electrons. The first kappa shape index (κ1) is 11.3. The molecule has 0 fully saturated rings. The van der Waals surface area contributed by atoms with Gasteiger partial charge in [-0.3, -0.25) is 10.1 Å². The van der Waals surface area contributed by atoms with Crippen LogP contribution in [0.3, 0.4) is 0 Å². The highest BCUT2D eigenvalue weighted by molar-refractivity contribution is 9.10. The lowest BCUT2D eigenvalue weighted by molar-refractivity contribution is -0.123. The fourth-order valence-corrected chi connectivity index (χ4v) is 1.18. The number of carbonyl (C=O) groups excluding carboxylic acids is 1. The van der Waals surface area contributed by atoms with Crippen LogP contribution < -0.4 is 11.1 Å². The Morgan fingerprint density at radius 3 is 2.71 bits per heavy atom.